The van der Waals surface area contributed by atoms with E-state index >= 15 is 0 Å². The van der Waals surface area contributed by atoms with Crippen LogP contribution in [0.1, 0.15) is 39.2 Å². The Bertz CT molecular complexity index is 574. The first-order valence-electron chi connectivity index (χ1n) is 6.94. The van der Waals surface area contributed by atoms with Crippen molar-refractivity contribution in [1.82, 2.24) is 4.72 Å². The normalized spacial score (nSPS) is 18.0. The molecule has 1 saturated carbocycles. The smallest absolute Gasteiger partial charge is 0.208 e. The Balaban J connectivity index is 2.26. The van der Waals surface area contributed by atoms with Gasteiger partial charge in [0.05, 0.1) is 4.90 Å². The maximum absolute atomic E-state index is 12.4. The number of benzene rings is 1. The zero-order valence-electron chi connectivity index (χ0n) is 12.2. The molecule has 1 unspecified atom stereocenters. The van der Waals surface area contributed by atoms with E-state index in [0.717, 1.165) is 18.4 Å². The second kappa shape index (κ2) is 5.66. The molecule has 0 heterocycles. The van der Waals surface area contributed by atoms with E-state index in [1.165, 1.54) is 0 Å². The monoisotopic (exact) mass is 315 g/mol. The Labute approximate surface area is 126 Å². The molecule has 5 heteroatoms. The maximum atomic E-state index is 12.4. The molecule has 1 aliphatic carbocycles. The molecule has 0 spiro atoms. The van der Waals surface area contributed by atoms with Gasteiger partial charge in [-0.1, -0.05) is 39.0 Å². The van der Waals surface area contributed by atoms with Crippen molar-refractivity contribution in [3.05, 3.63) is 29.8 Å². The van der Waals surface area contributed by atoms with Crippen LogP contribution in [0.2, 0.25) is 0 Å². The molecule has 1 aliphatic rings. The zero-order chi connectivity index (χ0) is 15.0. The van der Waals surface area contributed by atoms with Gasteiger partial charge >= 0.3 is 0 Å². The molecule has 1 atom stereocenters. The van der Waals surface area contributed by atoms with Crippen molar-refractivity contribution in [2.45, 2.75) is 56.3 Å². The lowest BCUT2D eigenvalue weighted by Crippen LogP contribution is -2.28. The van der Waals surface area contributed by atoms with Crippen molar-refractivity contribution in [2.75, 3.05) is 0 Å². The van der Waals surface area contributed by atoms with Crippen molar-refractivity contribution in [2.24, 2.45) is 5.41 Å². The van der Waals surface area contributed by atoms with Crippen molar-refractivity contribution < 1.29 is 8.42 Å². The second-order valence-electron chi connectivity index (χ2n) is 6.54. The maximum Gasteiger partial charge on any atom is 0.241 e. The molecule has 2 rings (SSSR count). The quantitative estimate of drug-likeness (QED) is 0.847. The predicted molar refractivity (Wildman–Crippen MR) is 82.6 cm³/mol. The van der Waals surface area contributed by atoms with Crippen LogP contribution in [0.5, 0.6) is 0 Å². The van der Waals surface area contributed by atoms with Crippen molar-refractivity contribution in [3.63, 3.8) is 0 Å². The standard InChI is InChI=1S/C15H22ClNO2S/c1-15(2,3)14(16)10-11-6-4-5-7-13(11)20(18,19)17-12-8-9-12/h4-7,12,14,17H,8-10H2,1-3H3. The molecule has 1 fully saturated rings. The number of nitrogens with one attached hydrogen (secondary N) is 1. The Morgan fingerprint density at radius 2 is 1.90 bits per heavy atom. The molecule has 0 amide bonds. The van der Waals surface area contributed by atoms with Gasteiger partial charge in [-0.15, -0.1) is 11.6 Å². The van der Waals surface area contributed by atoms with E-state index in [4.69, 9.17) is 11.6 Å². The lowest BCUT2D eigenvalue weighted by atomic mass is 9.88. The predicted octanol–water partition coefficient (Wildman–Crippen LogP) is 3.32. The van der Waals surface area contributed by atoms with Crippen molar-refractivity contribution >= 4 is 21.6 Å². The second-order valence-corrected chi connectivity index (χ2v) is 8.75. The molecule has 1 aromatic rings. The van der Waals surface area contributed by atoms with Gasteiger partial charge in [0.1, 0.15) is 0 Å². The van der Waals surface area contributed by atoms with Crippen LogP contribution in [-0.2, 0) is 16.4 Å². The fourth-order valence-corrected chi connectivity index (χ4v) is 3.64. The van der Waals surface area contributed by atoms with E-state index in [9.17, 15) is 8.42 Å². The molecule has 3 nitrogen and oxygen atoms in total. The van der Waals surface area contributed by atoms with Crippen LogP contribution in [0.3, 0.4) is 0 Å². The van der Waals surface area contributed by atoms with E-state index in [1.807, 2.05) is 12.1 Å². The number of halogens is 1. The minimum Gasteiger partial charge on any atom is -0.208 e. The average molecular weight is 316 g/mol. The van der Waals surface area contributed by atoms with E-state index in [0.29, 0.717) is 11.3 Å². The third-order valence-corrected chi connectivity index (χ3v) is 5.93. The summed E-state index contributed by atoms with van der Waals surface area (Å²) in [4.78, 5) is 0.363. The van der Waals surface area contributed by atoms with Crippen molar-refractivity contribution in [3.8, 4) is 0 Å². The highest BCUT2D eigenvalue weighted by Crippen LogP contribution is 2.30. The van der Waals surface area contributed by atoms with Crippen LogP contribution in [-0.4, -0.2) is 19.8 Å². The Kier molecular flexibility index (Phi) is 4.47. The number of alkyl halides is 1. The van der Waals surface area contributed by atoms with Crippen LogP contribution in [0.15, 0.2) is 29.2 Å². The minimum atomic E-state index is -3.43. The first-order valence-corrected chi connectivity index (χ1v) is 8.86. The molecule has 0 radical (unpaired) electrons. The summed E-state index contributed by atoms with van der Waals surface area (Å²) in [6, 6.07) is 7.24. The van der Waals surface area contributed by atoms with E-state index in [1.54, 1.807) is 12.1 Å². The topological polar surface area (TPSA) is 46.2 Å². The van der Waals surface area contributed by atoms with Gasteiger partial charge < -0.3 is 0 Å². The van der Waals surface area contributed by atoms with E-state index < -0.39 is 10.0 Å². The van der Waals surface area contributed by atoms with E-state index in [-0.39, 0.29) is 16.8 Å². The summed E-state index contributed by atoms with van der Waals surface area (Å²) in [6.07, 6.45) is 2.41. The van der Waals surface area contributed by atoms with Gasteiger partial charge in [-0.25, -0.2) is 13.1 Å². The lowest BCUT2D eigenvalue weighted by molar-refractivity contribution is 0.385. The van der Waals surface area contributed by atoms with Gasteiger partial charge in [0.15, 0.2) is 0 Å². The number of sulfonamides is 1. The summed E-state index contributed by atoms with van der Waals surface area (Å²) in [5.41, 5.74) is 0.720. The third-order valence-electron chi connectivity index (χ3n) is 3.50. The minimum absolute atomic E-state index is 0.0671. The highest BCUT2D eigenvalue weighted by molar-refractivity contribution is 7.89. The van der Waals surface area contributed by atoms with Gasteiger partial charge in [0, 0.05) is 11.4 Å². The van der Waals surface area contributed by atoms with Crippen LogP contribution in [0.25, 0.3) is 0 Å². The molecular weight excluding hydrogens is 294 g/mol. The summed E-state index contributed by atoms with van der Waals surface area (Å²) in [7, 11) is -3.43. The van der Waals surface area contributed by atoms with Crippen LogP contribution < -0.4 is 4.72 Å². The van der Waals surface area contributed by atoms with Gasteiger partial charge in [0.2, 0.25) is 10.0 Å². The number of hydrogen-bond acceptors (Lipinski definition) is 2. The summed E-state index contributed by atoms with van der Waals surface area (Å²) in [5, 5.41) is -0.111. The largest absolute Gasteiger partial charge is 0.241 e. The van der Waals surface area contributed by atoms with Crippen LogP contribution >= 0.6 is 11.6 Å². The number of hydrogen-bond donors (Lipinski definition) is 1. The fourth-order valence-electron chi connectivity index (χ4n) is 1.92. The highest BCUT2D eigenvalue weighted by Gasteiger charge is 2.30. The molecule has 0 bridgehead atoms. The highest BCUT2D eigenvalue weighted by atomic mass is 35.5. The summed E-state index contributed by atoms with van der Waals surface area (Å²) in [5.74, 6) is 0. The van der Waals surface area contributed by atoms with Gasteiger partial charge in [-0.2, -0.15) is 0 Å². The molecule has 112 valence electrons. The van der Waals surface area contributed by atoms with Gasteiger partial charge in [-0.3, -0.25) is 0 Å². The Hall–Kier alpha value is -0.580. The molecule has 0 aromatic heterocycles. The SMILES string of the molecule is CC(C)(C)C(Cl)Cc1ccccc1S(=O)(=O)NC1CC1. The molecule has 1 aromatic carbocycles. The molecule has 1 N–H and O–H groups in total. The molecule has 20 heavy (non-hydrogen) atoms. The van der Waals surface area contributed by atoms with Gasteiger partial charge in [-0.05, 0) is 36.3 Å². The lowest BCUT2D eigenvalue weighted by Gasteiger charge is -2.26. The molecule has 0 aliphatic heterocycles. The third kappa shape index (κ3) is 3.96. The first kappa shape index (κ1) is 15.8. The molecular formula is C15H22ClNO2S. The number of rotatable bonds is 5. The van der Waals surface area contributed by atoms with E-state index in [2.05, 4.69) is 25.5 Å². The Morgan fingerprint density at radius 1 is 1.30 bits per heavy atom. The summed E-state index contributed by atoms with van der Waals surface area (Å²) >= 11 is 6.42. The summed E-state index contributed by atoms with van der Waals surface area (Å²) < 4.78 is 27.5. The fraction of sp³-hybridized carbons (Fsp3) is 0.600. The van der Waals surface area contributed by atoms with Crippen LogP contribution in [0, 0.1) is 5.41 Å². The average Bonchev–Trinajstić information content (AvgIpc) is 3.11. The Morgan fingerprint density at radius 3 is 2.45 bits per heavy atom. The van der Waals surface area contributed by atoms with Crippen LogP contribution in [0.4, 0.5) is 0 Å². The molecule has 0 saturated heterocycles. The summed E-state index contributed by atoms with van der Waals surface area (Å²) in [6.45, 7) is 6.18. The van der Waals surface area contributed by atoms with Gasteiger partial charge in [0.25, 0.3) is 0 Å². The van der Waals surface area contributed by atoms with Crippen molar-refractivity contribution in [1.29, 1.82) is 0 Å². The zero-order valence-corrected chi connectivity index (χ0v) is 13.8. The first-order chi connectivity index (χ1) is 9.20.